The van der Waals surface area contributed by atoms with Crippen LogP contribution in [-0.2, 0) is 5.79 Å². The van der Waals surface area contributed by atoms with Crippen LogP contribution in [0.3, 0.4) is 0 Å². The molecule has 1 atom stereocenters. The number of aliphatic hydroxyl groups is 5. The maximum Gasteiger partial charge on any atom is 0.341 e. The lowest BCUT2D eigenvalue weighted by Crippen LogP contribution is -2.52. The van der Waals surface area contributed by atoms with E-state index in [9.17, 15) is 10.2 Å². The van der Waals surface area contributed by atoms with Crippen LogP contribution in [0.25, 0.3) is 0 Å². The Labute approximate surface area is 113 Å². The van der Waals surface area contributed by atoms with E-state index in [-0.39, 0.29) is 11.8 Å². The minimum Gasteiger partial charge on any atom is -0.362 e. The summed E-state index contributed by atoms with van der Waals surface area (Å²) in [7, 11) is 0. The third-order valence-corrected chi connectivity index (χ3v) is 3.00. The molecule has 112 valence electrons. The summed E-state index contributed by atoms with van der Waals surface area (Å²) in [6.07, 6.45) is 1.69. The van der Waals surface area contributed by atoms with Crippen molar-refractivity contribution in [1.29, 1.82) is 0 Å². The van der Waals surface area contributed by atoms with E-state index in [1.54, 1.807) is 6.34 Å². The number of hydrogen-bond donors (Lipinski definition) is 5. The van der Waals surface area contributed by atoms with Crippen molar-refractivity contribution in [3.63, 3.8) is 0 Å². The zero-order valence-electron chi connectivity index (χ0n) is 10.7. The van der Waals surface area contributed by atoms with Crippen LogP contribution < -0.4 is 0 Å². The molecule has 0 aliphatic carbocycles. The summed E-state index contributed by atoms with van der Waals surface area (Å²) in [6, 6.07) is 0. The first-order valence-corrected chi connectivity index (χ1v) is 5.95. The Bertz CT molecular complexity index is 494. The molecule has 0 radical (unpaired) electrons. The SMILES string of the molecule is CCN1C=NCC(c2nc(C(O)(O)C(O)(O)O)no2)C1. The maximum atomic E-state index is 9.41. The normalized spacial score (nSPS) is 20.5. The van der Waals surface area contributed by atoms with Crippen LogP contribution >= 0.6 is 0 Å². The molecule has 1 aliphatic rings. The lowest BCUT2D eigenvalue weighted by atomic mass is 10.1. The van der Waals surface area contributed by atoms with Gasteiger partial charge in [-0.05, 0) is 6.92 Å². The van der Waals surface area contributed by atoms with E-state index in [2.05, 4.69) is 15.1 Å². The summed E-state index contributed by atoms with van der Waals surface area (Å²) in [5, 5.41) is 48.6. The fourth-order valence-electron chi connectivity index (χ4n) is 1.74. The lowest BCUT2D eigenvalue weighted by molar-refractivity contribution is -0.456. The van der Waals surface area contributed by atoms with Crippen LogP contribution in [-0.4, -0.2) is 72.5 Å². The molecule has 1 unspecified atom stereocenters. The second-order valence-electron chi connectivity index (χ2n) is 4.53. The second kappa shape index (κ2) is 5.07. The first kappa shape index (κ1) is 14.8. The molecule has 1 aromatic heterocycles. The third kappa shape index (κ3) is 2.64. The molecule has 0 fully saturated rings. The third-order valence-electron chi connectivity index (χ3n) is 3.00. The van der Waals surface area contributed by atoms with Gasteiger partial charge in [0.05, 0.1) is 18.8 Å². The van der Waals surface area contributed by atoms with Crippen LogP contribution in [0.5, 0.6) is 0 Å². The van der Waals surface area contributed by atoms with Crippen molar-refractivity contribution in [3.8, 4) is 0 Å². The van der Waals surface area contributed by atoms with Gasteiger partial charge in [0, 0.05) is 13.1 Å². The summed E-state index contributed by atoms with van der Waals surface area (Å²) in [4.78, 5) is 9.69. The number of nitrogens with zero attached hydrogens (tertiary/aromatic N) is 4. The van der Waals surface area contributed by atoms with Crippen LogP contribution in [0.15, 0.2) is 9.52 Å². The summed E-state index contributed by atoms with van der Waals surface area (Å²) in [6.45, 7) is 3.61. The molecule has 0 bridgehead atoms. The zero-order chi connectivity index (χ0) is 15.0. The van der Waals surface area contributed by atoms with Crippen molar-refractivity contribution in [2.45, 2.75) is 24.6 Å². The average molecular weight is 288 g/mol. The van der Waals surface area contributed by atoms with Gasteiger partial charge in [-0.25, -0.2) is 0 Å². The summed E-state index contributed by atoms with van der Waals surface area (Å²) < 4.78 is 4.86. The smallest absolute Gasteiger partial charge is 0.341 e. The predicted molar refractivity (Wildman–Crippen MR) is 63.1 cm³/mol. The van der Waals surface area contributed by atoms with Gasteiger partial charge < -0.3 is 35.0 Å². The molecule has 2 heterocycles. The highest BCUT2D eigenvalue weighted by molar-refractivity contribution is 5.56. The standard InChI is InChI=1S/C10H16N4O6/c1-2-14-4-6(3-11-5-14)7-12-8(13-20-7)9(15,16)10(17,18)19/h5-6,15-19H,2-4H2,1H3. The number of hydrogen-bond acceptors (Lipinski definition) is 10. The van der Waals surface area contributed by atoms with Crippen molar-refractivity contribution in [2.24, 2.45) is 4.99 Å². The molecule has 0 saturated heterocycles. The molecular weight excluding hydrogens is 272 g/mol. The van der Waals surface area contributed by atoms with Gasteiger partial charge in [-0.3, -0.25) is 4.99 Å². The van der Waals surface area contributed by atoms with Crippen LogP contribution in [0, 0.1) is 0 Å². The van der Waals surface area contributed by atoms with E-state index < -0.39 is 17.6 Å². The number of aliphatic imine (C=N–C) groups is 1. The van der Waals surface area contributed by atoms with Crippen molar-refractivity contribution in [3.05, 3.63) is 11.7 Å². The van der Waals surface area contributed by atoms with Crippen LogP contribution in [0.1, 0.15) is 24.6 Å². The van der Waals surface area contributed by atoms with Gasteiger partial charge in [-0.15, -0.1) is 0 Å². The van der Waals surface area contributed by atoms with E-state index in [1.807, 2.05) is 11.8 Å². The van der Waals surface area contributed by atoms with Gasteiger partial charge in [0.2, 0.25) is 11.7 Å². The molecule has 2 rings (SSSR count). The molecule has 1 aliphatic heterocycles. The number of aromatic nitrogens is 2. The molecule has 5 N–H and O–H groups in total. The van der Waals surface area contributed by atoms with Gasteiger partial charge in [0.1, 0.15) is 0 Å². The van der Waals surface area contributed by atoms with Crippen LogP contribution in [0.2, 0.25) is 0 Å². The van der Waals surface area contributed by atoms with Gasteiger partial charge in [0.15, 0.2) is 0 Å². The Hall–Kier alpha value is -1.59. The van der Waals surface area contributed by atoms with Gasteiger partial charge in [-0.1, -0.05) is 5.16 Å². The molecule has 1 aromatic rings. The van der Waals surface area contributed by atoms with Crippen molar-refractivity contribution >= 4 is 6.34 Å². The van der Waals surface area contributed by atoms with E-state index in [4.69, 9.17) is 19.8 Å². The van der Waals surface area contributed by atoms with Crippen molar-refractivity contribution in [1.82, 2.24) is 15.0 Å². The summed E-state index contributed by atoms with van der Waals surface area (Å²) >= 11 is 0. The Morgan fingerprint density at radius 1 is 1.35 bits per heavy atom. The minimum atomic E-state index is -3.81. The first-order chi connectivity index (χ1) is 9.25. The van der Waals surface area contributed by atoms with E-state index in [0.29, 0.717) is 13.1 Å². The Morgan fingerprint density at radius 2 is 2.05 bits per heavy atom. The maximum absolute atomic E-state index is 9.41. The molecule has 0 spiro atoms. The Balaban J connectivity index is 2.20. The highest BCUT2D eigenvalue weighted by atomic mass is 16.7. The van der Waals surface area contributed by atoms with Crippen molar-refractivity contribution in [2.75, 3.05) is 19.6 Å². The lowest BCUT2D eigenvalue weighted by Gasteiger charge is -2.26. The molecule has 20 heavy (non-hydrogen) atoms. The second-order valence-corrected chi connectivity index (χ2v) is 4.53. The summed E-state index contributed by atoms with van der Waals surface area (Å²) in [5.41, 5.74) is 0. The van der Waals surface area contributed by atoms with Gasteiger partial charge in [0.25, 0.3) is 0 Å². The number of likely N-dealkylation sites (N-methyl/N-ethyl adjacent to an activating group) is 1. The Kier molecular flexibility index (Phi) is 3.75. The van der Waals surface area contributed by atoms with E-state index in [1.165, 1.54) is 0 Å². The van der Waals surface area contributed by atoms with Gasteiger partial charge in [-0.2, -0.15) is 4.98 Å². The van der Waals surface area contributed by atoms with Crippen LogP contribution in [0.4, 0.5) is 0 Å². The minimum absolute atomic E-state index is 0.0621. The zero-order valence-corrected chi connectivity index (χ0v) is 10.7. The molecule has 0 amide bonds. The topological polar surface area (TPSA) is 156 Å². The van der Waals surface area contributed by atoms with Crippen molar-refractivity contribution < 1.29 is 30.1 Å². The quantitative estimate of drug-likeness (QED) is 0.371. The van der Waals surface area contributed by atoms with E-state index in [0.717, 1.165) is 6.54 Å². The molecule has 10 heteroatoms. The fourth-order valence-corrected chi connectivity index (χ4v) is 1.74. The molecule has 0 saturated carbocycles. The number of rotatable bonds is 4. The highest BCUT2D eigenvalue weighted by Gasteiger charge is 2.52. The highest BCUT2D eigenvalue weighted by Crippen LogP contribution is 2.26. The monoisotopic (exact) mass is 288 g/mol. The van der Waals surface area contributed by atoms with Gasteiger partial charge >= 0.3 is 11.8 Å². The fraction of sp³-hybridized carbons (Fsp3) is 0.700. The Morgan fingerprint density at radius 3 is 2.65 bits per heavy atom. The predicted octanol–water partition coefficient (Wildman–Crippen LogP) is -2.71. The molecule has 0 aromatic carbocycles. The average Bonchev–Trinajstić information content (AvgIpc) is 2.87. The largest absolute Gasteiger partial charge is 0.362 e. The molecular formula is C10H16N4O6. The summed E-state index contributed by atoms with van der Waals surface area (Å²) in [5.74, 6) is -8.32. The molecule has 10 nitrogen and oxygen atoms in total. The first-order valence-electron chi connectivity index (χ1n) is 5.95. The van der Waals surface area contributed by atoms with E-state index >= 15 is 0 Å².